The summed E-state index contributed by atoms with van der Waals surface area (Å²) in [5.41, 5.74) is -0.347. The van der Waals surface area contributed by atoms with Crippen LogP contribution in [0.15, 0.2) is 11.6 Å². The lowest BCUT2D eigenvalue weighted by Crippen LogP contribution is -2.44. The zero-order valence-corrected chi connectivity index (χ0v) is 10.5. The zero-order chi connectivity index (χ0) is 12.8. The molecule has 0 aliphatic carbocycles. The highest BCUT2D eigenvalue weighted by Gasteiger charge is 2.49. The van der Waals surface area contributed by atoms with Crippen molar-refractivity contribution in [1.82, 2.24) is 0 Å². The molecule has 0 radical (unpaired) electrons. The summed E-state index contributed by atoms with van der Waals surface area (Å²) in [7, 11) is 0. The zero-order valence-electron chi connectivity index (χ0n) is 9.70. The van der Waals surface area contributed by atoms with Crippen molar-refractivity contribution < 1.29 is 19.4 Å². The molecular formula is C11H17ClO4. The molecule has 0 spiro atoms. The molecule has 0 heterocycles. The third kappa shape index (κ3) is 2.98. The summed E-state index contributed by atoms with van der Waals surface area (Å²) >= 11 is 5.37. The smallest absolute Gasteiger partial charge is 0.324 e. The van der Waals surface area contributed by atoms with Gasteiger partial charge in [-0.1, -0.05) is 31.5 Å². The van der Waals surface area contributed by atoms with Crippen LogP contribution in [-0.2, 0) is 14.3 Å². The number of aliphatic carboxylic acids is 1. The van der Waals surface area contributed by atoms with Gasteiger partial charge in [0.1, 0.15) is 0 Å². The molecule has 0 saturated heterocycles. The van der Waals surface area contributed by atoms with E-state index in [0.717, 1.165) is 0 Å². The van der Waals surface area contributed by atoms with Crippen molar-refractivity contribution in [2.24, 2.45) is 11.3 Å². The average Bonchev–Trinajstić information content (AvgIpc) is 2.18. The van der Waals surface area contributed by atoms with E-state index in [-0.39, 0.29) is 18.9 Å². The van der Waals surface area contributed by atoms with Gasteiger partial charge in [-0.3, -0.25) is 9.59 Å². The highest BCUT2D eigenvalue weighted by Crippen LogP contribution is 2.34. The summed E-state index contributed by atoms with van der Waals surface area (Å²) in [6, 6.07) is 0. The van der Waals surface area contributed by atoms with Gasteiger partial charge in [-0.2, -0.15) is 0 Å². The van der Waals surface area contributed by atoms with E-state index in [1.165, 1.54) is 11.6 Å². The highest BCUT2D eigenvalue weighted by atomic mass is 35.5. The minimum Gasteiger partial charge on any atom is -0.480 e. The lowest BCUT2D eigenvalue weighted by Gasteiger charge is -2.29. The third-order valence-corrected chi connectivity index (χ3v) is 2.71. The van der Waals surface area contributed by atoms with Gasteiger partial charge in [0.05, 0.1) is 6.61 Å². The van der Waals surface area contributed by atoms with Crippen molar-refractivity contribution in [2.45, 2.75) is 27.2 Å². The van der Waals surface area contributed by atoms with Crippen molar-refractivity contribution in [3.8, 4) is 0 Å². The van der Waals surface area contributed by atoms with Gasteiger partial charge in [0.2, 0.25) is 0 Å². The molecule has 0 rings (SSSR count). The Bertz CT molecular complexity index is 286. The van der Waals surface area contributed by atoms with Crippen LogP contribution in [-0.4, -0.2) is 23.7 Å². The first-order valence-corrected chi connectivity index (χ1v) is 5.52. The fraction of sp³-hybridized carbons (Fsp3) is 0.636. The maximum atomic E-state index is 11.8. The number of esters is 1. The quantitative estimate of drug-likeness (QED) is 0.579. The highest BCUT2D eigenvalue weighted by molar-refractivity contribution is 6.25. The van der Waals surface area contributed by atoms with Gasteiger partial charge < -0.3 is 9.84 Å². The summed E-state index contributed by atoms with van der Waals surface area (Å²) in [4.78, 5) is 23.1. The third-order valence-electron chi connectivity index (χ3n) is 2.54. The standard InChI is InChI=1S/C11H17ClO4/c1-4-16-10(15)11(8(2)3,9(13)14)6-5-7-12/h5,7-8H,4,6H2,1-3H3,(H,13,14)/b7-5+. The maximum Gasteiger partial charge on any atom is 0.324 e. The van der Waals surface area contributed by atoms with Gasteiger partial charge in [0.15, 0.2) is 5.41 Å². The number of allylic oxidation sites excluding steroid dienone is 1. The van der Waals surface area contributed by atoms with E-state index in [4.69, 9.17) is 16.3 Å². The average molecular weight is 249 g/mol. The molecule has 0 bridgehead atoms. The molecule has 0 amide bonds. The largest absolute Gasteiger partial charge is 0.480 e. The van der Waals surface area contributed by atoms with Crippen LogP contribution >= 0.6 is 11.6 Å². The van der Waals surface area contributed by atoms with Gasteiger partial charge in [0, 0.05) is 5.54 Å². The Hall–Kier alpha value is -1.03. The summed E-state index contributed by atoms with van der Waals surface area (Å²) < 4.78 is 4.83. The summed E-state index contributed by atoms with van der Waals surface area (Å²) in [5, 5.41) is 9.24. The lowest BCUT2D eigenvalue weighted by atomic mass is 9.74. The molecule has 16 heavy (non-hydrogen) atoms. The van der Waals surface area contributed by atoms with Crippen molar-refractivity contribution in [2.75, 3.05) is 6.61 Å². The van der Waals surface area contributed by atoms with Crippen molar-refractivity contribution >= 4 is 23.5 Å². The minimum absolute atomic E-state index is 0.0301. The van der Waals surface area contributed by atoms with Gasteiger partial charge in [0.25, 0.3) is 0 Å². The Morgan fingerprint density at radius 2 is 2.06 bits per heavy atom. The number of halogens is 1. The molecule has 1 N–H and O–H groups in total. The van der Waals surface area contributed by atoms with Crippen LogP contribution in [0.2, 0.25) is 0 Å². The van der Waals surface area contributed by atoms with Gasteiger partial charge in [-0.05, 0) is 19.3 Å². The SMILES string of the molecule is CCOC(=O)C(C/C=C/Cl)(C(=O)O)C(C)C. The number of carbonyl (C=O) groups is 2. The van der Waals surface area contributed by atoms with Crippen LogP contribution in [0.5, 0.6) is 0 Å². The topological polar surface area (TPSA) is 63.6 Å². The molecule has 0 saturated carbocycles. The number of hydrogen-bond acceptors (Lipinski definition) is 3. The fourth-order valence-electron chi connectivity index (χ4n) is 1.47. The van der Waals surface area contributed by atoms with E-state index in [0.29, 0.717) is 0 Å². The molecule has 0 fully saturated rings. The van der Waals surface area contributed by atoms with Gasteiger partial charge in [-0.15, -0.1) is 0 Å². The van der Waals surface area contributed by atoms with E-state index in [1.807, 2.05) is 0 Å². The minimum atomic E-state index is -1.55. The first kappa shape index (κ1) is 15.0. The predicted octanol–water partition coefficient (Wildman–Crippen LogP) is 2.42. The molecular weight excluding hydrogens is 232 g/mol. The Balaban J connectivity index is 5.25. The normalized spacial score (nSPS) is 15.1. The Kier molecular flexibility index (Phi) is 6.11. The molecule has 92 valence electrons. The van der Waals surface area contributed by atoms with Crippen molar-refractivity contribution in [1.29, 1.82) is 0 Å². The van der Waals surface area contributed by atoms with Crippen molar-refractivity contribution in [3.63, 3.8) is 0 Å². The number of carboxylic acid groups (broad SMARTS) is 1. The van der Waals surface area contributed by atoms with Crippen LogP contribution in [0.4, 0.5) is 0 Å². The molecule has 5 heteroatoms. The number of carbonyl (C=O) groups excluding carboxylic acids is 1. The molecule has 0 aliphatic heterocycles. The Labute approximate surface area is 100 Å². The van der Waals surface area contributed by atoms with Gasteiger partial charge in [-0.25, -0.2) is 0 Å². The van der Waals surface area contributed by atoms with E-state index >= 15 is 0 Å². The van der Waals surface area contributed by atoms with Crippen LogP contribution in [0.1, 0.15) is 27.2 Å². The lowest BCUT2D eigenvalue weighted by molar-refractivity contribution is -0.172. The summed E-state index contributed by atoms with van der Waals surface area (Å²) in [5.74, 6) is -2.28. The molecule has 0 aromatic rings. The molecule has 0 aromatic carbocycles. The fourth-order valence-corrected chi connectivity index (χ4v) is 1.56. The summed E-state index contributed by atoms with van der Waals surface area (Å²) in [6.07, 6.45) is 1.48. The number of rotatable bonds is 6. The number of ether oxygens (including phenoxy) is 1. The van der Waals surface area contributed by atoms with E-state index in [1.54, 1.807) is 20.8 Å². The molecule has 0 aliphatic rings. The van der Waals surface area contributed by atoms with Crippen LogP contribution in [0.3, 0.4) is 0 Å². The van der Waals surface area contributed by atoms with E-state index in [2.05, 4.69) is 0 Å². The van der Waals surface area contributed by atoms with Crippen LogP contribution in [0, 0.1) is 11.3 Å². The Morgan fingerprint density at radius 1 is 1.50 bits per heavy atom. The predicted molar refractivity (Wildman–Crippen MR) is 61.1 cm³/mol. The second-order valence-electron chi connectivity index (χ2n) is 3.72. The van der Waals surface area contributed by atoms with Crippen LogP contribution < -0.4 is 0 Å². The van der Waals surface area contributed by atoms with E-state index in [9.17, 15) is 14.7 Å². The monoisotopic (exact) mass is 248 g/mol. The Morgan fingerprint density at radius 3 is 2.38 bits per heavy atom. The van der Waals surface area contributed by atoms with E-state index < -0.39 is 17.4 Å². The number of carboxylic acids is 1. The molecule has 1 atom stereocenters. The first-order chi connectivity index (χ1) is 7.43. The van der Waals surface area contributed by atoms with Gasteiger partial charge >= 0.3 is 11.9 Å². The van der Waals surface area contributed by atoms with Crippen LogP contribution in [0.25, 0.3) is 0 Å². The maximum absolute atomic E-state index is 11.8. The number of hydrogen-bond donors (Lipinski definition) is 1. The molecule has 0 aromatic heterocycles. The molecule has 4 nitrogen and oxygen atoms in total. The molecule has 1 unspecified atom stereocenters. The van der Waals surface area contributed by atoms with Crippen molar-refractivity contribution in [3.05, 3.63) is 11.6 Å². The second kappa shape index (κ2) is 6.53. The first-order valence-electron chi connectivity index (χ1n) is 5.09. The summed E-state index contributed by atoms with van der Waals surface area (Å²) in [6.45, 7) is 5.15. The second-order valence-corrected chi connectivity index (χ2v) is 3.97.